The Hall–Kier alpha value is -2.13. The fourth-order valence-electron chi connectivity index (χ4n) is 2.45. The van der Waals surface area contributed by atoms with Gasteiger partial charge in [-0.15, -0.1) is 11.6 Å². The molecule has 120 valence electrons. The zero-order valence-corrected chi connectivity index (χ0v) is 13.5. The van der Waals surface area contributed by atoms with Crippen LogP contribution in [-0.2, 0) is 14.3 Å². The Balaban J connectivity index is 1.99. The zero-order chi connectivity index (χ0) is 16.5. The van der Waals surface area contributed by atoms with E-state index in [0.717, 1.165) is 0 Å². The fraction of sp³-hybridized carbons (Fsp3) is 0.263. The molecular weight excluding hydrogens is 312 g/mol. The number of alkyl halides is 1. The van der Waals surface area contributed by atoms with Gasteiger partial charge in [0.15, 0.2) is 5.78 Å². The van der Waals surface area contributed by atoms with E-state index in [0.29, 0.717) is 6.42 Å². The van der Waals surface area contributed by atoms with E-state index in [4.69, 9.17) is 16.3 Å². The van der Waals surface area contributed by atoms with Crippen molar-refractivity contribution in [3.8, 4) is 0 Å². The minimum Gasteiger partial charge on any atom is -0.465 e. The number of rotatable bonds is 8. The first kappa shape index (κ1) is 17.2. The Morgan fingerprint density at radius 3 is 1.91 bits per heavy atom. The molecule has 0 saturated carbocycles. The van der Waals surface area contributed by atoms with Crippen LogP contribution in [0.25, 0.3) is 0 Å². The van der Waals surface area contributed by atoms with E-state index in [1.807, 2.05) is 36.4 Å². The van der Waals surface area contributed by atoms with Crippen LogP contribution >= 0.6 is 11.6 Å². The average Bonchev–Trinajstić information content (AvgIpc) is 2.60. The van der Waals surface area contributed by atoms with Crippen molar-refractivity contribution in [3.05, 3.63) is 71.8 Å². The van der Waals surface area contributed by atoms with Gasteiger partial charge in [-0.2, -0.15) is 0 Å². The summed E-state index contributed by atoms with van der Waals surface area (Å²) < 4.78 is 5.17. The van der Waals surface area contributed by atoms with E-state index in [1.54, 1.807) is 0 Å². The van der Waals surface area contributed by atoms with Crippen LogP contribution in [0.4, 0.5) is 0 Å². The summed E-state index contributed by atoms with van der Waals surface area (Å²) in [6.45, 7) is 0.267. The molecule has 2 rings (SSSR count). The van der Waals surface area contributed by atoms with Crippen molar-refractivity contribution in [3.63, 3.8) is 0 Å². The molecule has 0 aliphatic rings. The molecule has 0 spiro atoms. The van der Waals surface area contributed by atoms with Crippen LogP contribution in [0.2, 0.25) is 0 Å². The molecule has 0 aliphatic heterocycles. The van der Waals surface area contributed by atoms with E-state index in [2.05, 4.69) is 24.3 Å². The van der Waals surface area contributed by atoms with Gasteiger partial charge in [-0.3, -0.25) is 9.59 Å². The van der Waals surface area contributed by atoms with Crippen LogP contribution in [0.15, 0.2) is 60.7 Å². The minimum absolute atomic E-state index is 0.147. The number of benzene rings is 2. The summed E-state index contributed by atoms with van der Waals surface area (Å²) in [5, 5.41) is 0. The Kier molecular flexibility index (Phi) is 6.82. The van der Waals surface area contributed by atoms with Crippen LogP contribution in [0.1, 0.15) is 29.9 Å². The molecule has 4 heteroatoms. The second-order valence-electron chi connectivity index (χ2n) is 5.23. The number of ether oxygens (including phenoxy) is 1. The maximum Gasteiger partial charge on any atom is 0.313 e. The summed E-state index contributed by atoms with van der Waals surface area (Å²) >= 11 is 5.38. The second-order valence-corrected chi connectivity index (χ2v) is 5.50. The van der Waals surface area contributed by atoms with Crippen molar-refractivity contribution in [2.75, 3.05) is 12.5 Å². The first-order chi connectivity index (χ1) is 11.2. The van der Waals surface area contributed by atoms with E-state index in [9.17, 15) is 9.59 Å². The average molecular weight is 331 g/mol. The van der Waals surface area contributed by atoms with Gasteiger partial charge in [0, 0.05) is 5.92 Å². The summed E-state index contributed by atoms with van der Waals surface area (Å²) in [7, 11) is 0. The van der Waals surface area contributed by atoms with Crippen LogP contribution < -0.4 is 0 Å². The monoisotopic (exact) mass is 330 g/mol. The Bertz CT molecular complexity index is 586. The van der Waals surface area contributed by atoms with Crippen LogP contribution in [0, 0.1) is 0 Å². The summed E-state index contributed by atoms with van der Waals surface area (Å²) in [5.74, 6) is -0.852. The van der Waals surface area contributed by atoms with Crippen LogP contribution in [0.3, 0.4) is 0 Å². The van der Waals surface area contributed by atoms with Crippen molar-refractivity contribution in [2.24, 2.45) is 0 Å². The number of Topliss-reactive ketones (excluding diaryl/α,β-unsaturated/α-hetero) is 1. The molecule has 0 N–H and O–H groups in total. The van der Waals surface area contributed by atoms with Crippen molar-refractivity contribution in [1.82, 2.24) is 0 Å². The van der Waals surface area contributed by atoms with Gasteiger partial charge in [0.2, 0.25) is 0 Å². The summed E-state index contributed by atoms with van der Waals surface area (Å²) in [4.78, 5) is 22.7. The smallest absolute Gasteiger partial charge is 0.313 e. The normalized spacial score (nSPS) is 10.5. The molecule has 0 saturated heterocycles. The molecule has 0 atom stereocenters. The highest BCUT2D eigenvalue weighted by molar-refractivity contribution is 6.28. The third kappa shape index (κ3) is 5.53. The molecule has 0 unspecified atom stereocenters. The SMILES string of the molecule is O=C(CCl)CC(=O)OCCC(c1ccccc1)c1ccccc1. The maximum atomic E-state index is 11.6. The molecule has 23 heavy (non-hydrogen) atoms. The summed E-state index contributed by atoms with van der Waals surface area (Å²) in [6, 6.07) is 20.2. The van der Waals surface area contributed by atoms with E-state index < -0.39 is 5.97 Å². The van der Waals surface area contributed by atoms with Gasteiger partial charge in [-0.1, -0.05) is 60.7 Å². The Morgan fingerprint density at radius 2 is 1.43 bits per heavy atom. The number of hydrogen-bond donors (Lipinski definition) is 0. The van der Waals surface area contributed by atoms with Crippen LogP contribution in [0.5, 0.6) is 0 Å². The Morgan fingerprint density at radius 1 is 0.913 bits per heavy atom. The zero-order valence-electron chi connectivity index (χ0n) is 12.8. The second kappa shape index (κ2) is 9.11. The largest absolute Gasteiger partial charge is 0.465 e. The lowest BCUT2D eigenvalue weighted by Gasteiger charge is -2.18. The maximum absolute atomic E-state index is 11.6. The number of carbonyl (C=O) groups is 2. The third-order valence-electron chi connectivity index (χ3n) is 3.56. The predicted octanol–water partition coefficient (Wildman–Crippen LogP) is 3.95. The molecule has 0 fully saturated rings. The highest BCUT2D eigenvalue weighted by atomic mass is 35.5. The molecule has 0 aliphatic carbocycles. The molecule has 3 nitrogen and oxygen atoms in total. The highest BCUT2D eigenvalue weighted by Gasteiger charge is 2.15. The van der Waals surface area contributed by atoms with Crippen LogP contribution in [-0.4, -0.2) is 24.2 Å². The quantitative estimate of drug-likeness (QED) is 0.418. The lowest BCUT2D eigenvalue weighted by molar-refractivity contribution is -0.145. The van der Waals surface area contributed by atoms with Crippen molar-refractivity contribution in [1.29, 1.82) is 0 Å². The van der Waals surface area contributed by atoms with Gasteiger partial charge < -0.3 is 4.74 Å². The standard InChI is InChI=1S/C19H19ClO3/c20-14-17(21)13-19(22)23-12-11-18(15-7-3-1-4-8-15)16-9-5-2-6-10-16/h1-10,18H,11-14H2. The number of halogens is 1. The number of hydrogen-bond acceptors (Lipinski definition) is 3. The Labute approximate surface area is 141 Å². The topological polar surface area (TPSA) is 43.4 Å². The number of ketones is 1. The highest BCUT2D eigenvalue weighted by Crippen LogP contribution is 2.27. The van der Waals surface area contributed by atoms with Crippen molar-refractivity contribution in [2.45, 2.75) is 18.8 Å². The summed E-state index contributed by atoms with van der Waals surface area (Å²) in [5.41, 5.74) is 2.35. The molecule has 0 aromatic heterocycles. The minimum atomic E-state index is -0.518. The fourth-order valence-corrected chi connectivity index (χ4v) is 2.54. The molecule has 2 aromatic carbocycles. The number of carbonyl (C=O) groups excluding carboxylic acids is 2. The summed E-state index contributed by atoms with van der Waals surface area (Å²) in [6.07, 6.45) is 0.402. The van der Waals surface area contributed by atoms with E-state index in [1.165, 1.54) is 11.1 Å². The van der Waals surface area contributed by atoms with Crippen molar-refractivity contribution < 1.29 is 14.3 Å². The van der Waals surface area contributed by atoms with E-state index >= 15 is 0 Å². The first-order valence-corrected chi connectivity index (χ1v) is 8.07. The lowest BCUT2D eigenvalue weighted by Crippen LogP contribution is -2.14. The molecule has 0 radical (unpaired) electrons. The van der Waals surface area contributed by atoms with Gasteiger partial charge in [0.25, 0.3) is 0 Å². The molecule has 0 amide bonds. The van der Waals surface area contributed by atoms with Crippen molar-refractivity contribution >= 4 is 23.4 Å². The van der Waals surface area contributed by atoms with Gasteiger partial charge >= 0.3 is 5.97 Å². The lowest BCUT2D eigenvalue weighted by atomic mass is 9.89. The predicted molar refractivity (Wildman–Crippen MR) is 90.6 cm³/mol. The molecule has 0 heterocycles. The molecule has 0 bridgehead atoms. The van der Waals surface area contributed by atoms with Gasteiger partial charge in [0.1, 0.15) is 6.42 Å². The first-order valence-electron chi connectivity index (χ1n) is 7.54. The molecular formula is C19H19ClO3. The van der Waals surface area contributed by atoms with Gasteiger partial charge in [0.05, 0.1) is 12.5 Å². The van der Waals surface area contributed by atoms with Gasteiger partial charge in [-0.05, 0) is 17.5 Å². The van der Waals surface area contributed by atoms with E-state index in [-0.39, 0.29) is 30.6 Å². The number of esters is 1. The third-order valence-corrected chi connectivity index (χ3v) is 3.86. The van der Waals surface area contributed by atoms with Gasteiger partial charge in [-0.25, -0.2) is 0 Å². The molecule has 2 aromatic rings.